The van der Waals surface area contributed by atoms with Crippen LogP contribution in [0.4, 0.5) is 5.69 Å². The lowest BCUT2D eigenvalue weighted by Crippen LogP contribution is -2.65. The first-order chi connectivity index (χ1) is 18.3. The Morgan fingerprint density at radius 1 is 1.23 bits per heavy atom. The average Bonchev–Trinajstić information content (AvgIpc) is 2.86. The number of hydrogen-bond donors (Lipinski definition) is 7. The number of aliphatic hydroxyl groups is 3. The van der Waals surface area contributed by atoms with Crippen LogP contribution in [-0.4, -0.2) is 94.6 Å². The number of nitrogens with one attached hydrogen (secondary N) is 2. The average molecular weight is 545 g/mol. The van der Waals surface area contributed by atoms with E-state index in [-0.39, 0.29) is 42.0 Å². The van der Waals surface area contributed by atoms with Gasteiger partial charge in [-0.05, 0) is 39.4 Å². The van der Waals surface area contributed by atoms with E-state index in [4.69, 9.17) is 10.5 Å². The van der Waals surface area contributed by atoms with Gasteiger partial charge in [-0.15, -0.1) is 0 Å². The summed E-state index contributed by atoms with van der Waals surface area (Å²) < 4.78 is 5.48. The molecule has 39 heavy (non-hydrogen) atoms. The topological polar surface area (TPSA) is 212 Å². The molecule has 13 heteroatoms. The van der Waals surface area contributed by atoms with Crippen molar-refractivity contribution in [3.63, 3.8) is 0 Å². The van der Waals surface area contributed by atoms with E-state index in [9.17, 15) is 39.6 Å². The summed E-state index contributed by atoms with van der Waals surface area (Å²) in [6.07, 6.45) is 0.0216. The second kappa shape index (κ2) is 9.98. The lowest BCUT2D eigenvalue weighted by Gasteiger charge is -2.50. The van der Waals surface area contributed by atoms with Crippen LogP contribution in [0, 0.1) is 11.8 Å². The van der Waals surface area contributed by atoms with Gasteiger partial charge in [0.05, 0.1) is 30.9 Å². The van der Waals surface area contributed by atoms with Crippen LogP contribution < -0.4 is 21.1 Å². The molecule has 1 aromatic rings. The predicted molar refractivity (Wildman–Crippen MR) is 138 cm³/mol. The molecule has 13 nitrogen and oxygen atoms in total. The van der Waals surface area contributed by atoms with Crippen LogP contribution in [0.5, 0.6) is 11.5 Å². The summed E-state index contributed by atoms with van der Waals surface area (Å²) in [7, 11) is 4.43. The van der Waals surface area contributed by atoms with Crippen molar-refractivity contribution < 1.29 is 44.3 Å². The van der Waals surface area contributed by atoms with E-state index in [2.05, 4.69) is 10.6 Å². The molecule has 0 saturated heterocycles. The number of primary amides is 1. The minimum absolute atomic E-state index is 0.0447. The number of fused-ring (bicyclic) bond motifs is 3. The van der Waals surface area contributed by atoms with Gasteiger partial charge in [0.15, 0.2) is 17.1 Å². The number of ketones is 2. The number of carbonyl (C=O) groups is 4. The summed E-state index contributed by atoms with van der Waals surface area (Å²) >= 11 is 0. The molecular formula is C26H32N4O9. The van der Waals surface area contributed by atoms with E-state index in [0.717, 1.165) is 0 Å². The first kappa shape index (κ1) is 28.1. The molecule has 4 atom stereocenters. The summed E-state index contributed by atoms with van der Waals surface area (Å²) in [5.74, 6) is -7.79. The van der Waals surface area contributed by atoms with Crippen LogP contribution in [0.25, 0.3) is 5.76 Å². The summed E-state index contributed by atoms with van der Waals surface area (Å²) in [5, 5.41) is 50.4. The van der Waals surface area contributed by atoms with E-state index in [0.29, 0.717) is 12.1 Å². The van der Waals surface area contributed by atoms with Crippen LogP contribution in [0.3, 0.4) is 0 Å². The first-order valence-corrected chi connectivity index (χ1v) is 12.4. The van der Waals surface area contributed by atoms with Gasteiger partial charge < -0.3 is 41.5 Å². The number of hydrogen-bond acceptors (Lipinski definition) is 11. The number of anilines is 1. The lowest BCUT2D eigenvalue weighted by molar-refractivity contribution is -0.153. The molecule has 1 fully saturated rings. The minimum atomic E-state index is -2.73. The molecule has 210 valence electrons. The zero-order chi connectivity index (χ0) is 29.0. The Hall–Kier alpha value is -3.94. The van der Waals surface area contributed by atoms with Crippen LogP contribution in [0.2, 0.25) is 0 Å². The molecule has 3 aliphatic rings. The molecule has 0 radical (unpaired) electrons. The third-order valence-electron chi connectivity index (χ3n) is 7.71. The Morgan fingerprint density at radius 3 is 2.46 bits per heavy atom. The highest BCUT2D eigenvalue weighted by Gasteiger charge is 2.64. The summed E-state index contributed by atoms with van der Waals surface area (Å²) in [4.78, 5) is 52.9. The predicted octanol–water partition coefficient (Wildman–Crippen LogP) is -0.479. The van der Waals surface area contributed by atoms with Gasteiger partial charge in [0.2, 0.25) is 11.7 Å². The van der Waals surface area contributed by atoms with Gasteiger partial charge >= 0.3 is 0 Å². The number of aliphatic hydroxyl groups excluding tert-OH is 2. The van der Waals surface area contributed by atoms with E-state index in [1.807, 2.05) is 6.92 Å². The number of aromatic hydroxyl groups is 1. The van der Waals surface area contributed by atoms with Crippen molar-refractivity contribution in [2.24, 2.45) is 17.6 Å². The SMILES string of the molecule is CCNCC(=O)Nc1cc(OC)c2c(c1O)C(O)=C1C(=O)[C@]3(O)C(O)=C(C(N)=O)C(=O)[C@@H](N(C)C)[C@@H]3C[C@@H]1C2. The van der Waals surface area contributed by atoms with Crippen molar-refractivity contribution in [1.82, 2.24) is 10.2 Å². The number of nitrogens with zero attached hydrogens (tertiary/aromatic N) is 1. The Labute approximate surface area is 223 Å². The fraction of sp³-hybridized carbons (Fsp3) is 0.462. The highest BCUT2D eigenvalue weighted by molar-refractivity contribution is 6.24. The zero-order valence-corrected chi connectivity index (χ0v) is 22.0. The van der Waals surface area contributed by atoms with E-state index in [1.54, 1.807) is 0 Å². The molecule has 4 rings (SSSR count). The van der Waals surface area contributed by atoms with E-state index >= 15 is 0 Å². The van der Waals surface area contributed by atoms with Crippen molar-refractivity contribution >= 4 is 34.8 Å². The molecule has 0 aromatic heterocycles. The van der Waals surface area contributed by atoms with Crippen molar-refractivity contribution in [3.8, 4) is 11.5 Å². The van der Waals surface area contributed by atoms with Gasteiger partial charge in [0, 0.05) is 23.1 Å². The zero-order valence-electron chi connectivity index (χ0n) is 22.0. The monoisotopic (exact) mass is 544 g/mol. The third kappa shape index (κ3) is 4.13. The smallest absolute Gasteiger partial charge is 0.255 e. The summed E-state index contributed by atoms with van der Waals surface area (Å²) in [5.41, 5.74) is 1.52. The molecule has 2 amide bonds. The maximum absolute atomic E-state index is 13.9. The number of nitrogens with two attached hydrogens (primary N) is 1. The minimum Gasteiger partial charge on any atom is -0.508 e. The van der Waals surface area contributed by atoms with Crippen LogP contribution >= 0.6 is 0 Å². The van der Waals surface area contributed by atoms with E-state index in [1.165, 1.54) is 32.2 Å². The molecule has 1 saturated carbocycles. The number of methoxy groups -OCH3 is 1. The van der Waals surface area contributed by atoms with Gasteiger partial charge in [-0.2, -0.15) is 0 Å². The number of ether oxygens (including phenoxy) is 1. The summed E-state index contributed by atoms with van der Waals surface area (Å²) in [6.45, 7) is 2.30. The number of phenolic OH excluding ortho intramolecular Hbond substituents is 1. The number of rotatable bonds is 7. The van der Waals surface area contributed by atoms with Gasteiger partial charge in [0.1, 0.15) is 22.8 Å². The Balaban J connectivity index is 1.91. The third-order valence-corrected chi connectivity index (χ3v) is 7.71. The van der Waals surface area contributed by atoms with Gasteiger partial charge in [-0.3, -0.25) is 24.1 Å². The number of likely N-dealkylation sites (N-methyl/N-ethyl adjacent to an activating group) is 2. The molecule has 0 unspecified atom stereocenters. The number of carbonyl (C=O) groups excluding carboxylic acids is 4. The largest absolute Gasteiger partial charge is 0.508 e. The second-order valence-corrected chi connectivity index (χ2v) is 10.1. The van der Waals surface area contributed by atoms with Gasteiger partial charge in [0.25, 0.3) is 5.91 Å². The van der Waals surface area contributed by atoms with Crippen molar-refractivity contribution in [3.05, 3.63) is 34.1 Å². The lowest BCUT2D eigenvalue weighted by atomic mass is 9.57. The number of Topliss-reactive ketones (excluding diaryl/α,β-unsaturated/α-hetero) is 2. The fourth-order valence-electron chi connectivity index (χ4n) is 5.99. The Morgan fingerprint density at radius 2 is 1.90 bits per heavy atom. The first-order valence-electron chi connectivity index (χ1n) is 12.4. The van der Waals surface area contributed by atoms with Gasteiger partial charge in [-0.25, -0.2) is 0 Å². The molecule has 0 bridgehead atoms. The van der Waals surface area contributed by atoms with Crippen molar-refractivity contribution in [1.29, 1.82) is 0 Å². The maximum atomic E-state index is 13.9. The standard InChI is InChI=1S/C26H32N4O9/c1-5-28-9-15(31)29-13-8-14(39-4)11-6-10-7-12-19(30(2)3)22(34)18(25(27)37)24(36)26(12,38)23(35)16(10)21(33)17(11)20(13)32/h8,10,12,19,28,32-33,36,38H,5-7,9H2,1-4H3,(H2,27,37)(H,29,31)/t10-,12-,19-,26-/m0/s1. The van der Waals surface area contributed by atoms with Gasteiger partial charge in [-0.1, -0.05) is 6.92 Å². The molecule has 8 N–H and O–H groups in total. The molecule has 3 aliphatic carbocycles. The summed E-state index contributed by atoms with van der Waals surface area (Å²) in [6, 6.07) is 0.227. The van der Waals surface area contributed by atoms with E-state index < -0.39 is 69.7 Å². The van der Waals surface area contributed by atoms with Crippen LogP contribution in [0.1, 0.15) is 24.5 Å². The number of benzene rings is 1. The fourth-order valence-corrected chi connectivity index (χ4v) is 5.99. The molecule has 1 aromatic carbocycles. The molecule has 0 spiro atoms. The normalized spacial score (nSPS) is 26.3. The second-order valence-electron chi connectivity index (χ2n) is 10.1. The molecular weight excluding hydrogens is 512 g/mol. The molecule has 0 aliphatic heterocycles. The highest BCUT2D eigenvalue weighted by atomic mass is 16.5. The number of amides is 2. The number of phenols is 1. The quantitative estimate of drug-likeness (QED) is 0.172. The van der Waals surface area contributed by atoms with Crippen molar-refractivity contribution in [2.75, 3.05) is 39.6 Å². The van der Waals surface area contributed by atoms with Crippen LogP contribution in [0.15, 0.2) is 23.0 Å². The van der Waals surface area contributed by atoms with Crippen LogP contribution in [-0.2, 0) is 25.6 Å². The highest BCUT2D eigenvalue weighted by Crippen LogP contribution is 2.54. The molecule has 0 heterocycles. The maximum Gasteiger partial charge on any atom is 0.255 e. The Bertz CT molecular complexity index is 1350. The Kier molecular flexibility index (Phi) is 7.19. The van der Waals surface area contributed by atoms with Crippen molar-refractivity contribution in [2.45, 2.75) is 31.4 Å².